The molecule has 1 saturated heterocycles. The lowest BCUT2D eigenvalue weighted by molar-refractivity contribution is -0.179. The van der Waals surface area contributed by atoms with Gasteiger partial charge in [-0.3, -0.25) is 19.1 Å². The van der Waals surface area contributed by atoms with Gasteiger partial charge in [-0.25, -0.2) is 0 Å². The topological polar surface area (TPSA) is 114 Å². The summed E-state index contributed by atoms with van der Waals surface area (Å²) < 4.78 is 46.4. The number of hydrogen-bond acceptors (Lipinski definition) is 5. The Labute approximate surface area is 216 Å². The van der Waals surface area contributed by atoms with Gasteiger partial charge < -0.3 is 20.7 Å². The summed E-state index contributed by atoms with van der Waals surface area (Å²) in [7, 11) is 1.57. The Hall–Kier alpha value is -3.67. The first-order valence-corrected chi connectivity index (χ1v) is 12.5. The Morgan fingerprint density at radius 2 is 1.87 bits per heavy atom. The van der Waals surface area contributed by atoms with E-state index in [1.165, 1.54) is 16.9 Å². The summed E-state index contributed by atoms with van der Waals surface area (Å²) in [4.78, 5) is 39.1. The van der Waals surface area contributed by atoms with E-state index in [0.29, 0.717) is 43.0 Å². The highest BCUT2D eigenvalue weighted by Crippen LogP contribution is 2.45. The quantitative estimate of drug-likeness (QED) is 0.520. The Kier molecular flexibility index (Phi) is 6.76. The summed E-state index contributed by atoms with van der Waals surface area (Å²) in [6.45, 7) is 0.960. The number of alkyl halides is 3. The van der Waals surface area contributed by atoms with Gasteiger partial charge in [0, 0.05) is 37.8 Å². The molecule has 3 heterocycles. The fraction of sp³-hybridized carbons (Fsp3) is 0.462. The van der Waals surface area contributed by atoms with Crippen molar-refractivity contribution in [1.82, 2.24) is 15.1 Å². The van der Waals surface area contributed by atoms with Gasteiger partial charge in [0.05, 0.1) is 11.3 Å². The summed E-state index contributed by atoms with van der Waals surface area (Å²) in [6, 6.07) is 6.61. The number of fused-ring (bicyclic) bond motifs is 2. The lowest BCUT2D eigenvalue weighted by Gasteiger charge is -2.31. The van der Waals surface area contributed by atoms with Crippen LogP contribution >= 0.6 is 0 Å². The first-order chi connectivity index (χ1) is 18.1. The monoisotopic (exact) mass is 531 g/mol. The fourth-order valence-corrected chi connectivity index (χ4v) is 5.54. The van der Waals surface area contributed by atoms with Crippen molar-refractivity contribution in [3.05, 3.63) is 53.0 Å². The molecule has 1 aromatic heterocycles. The standard InChI is InChI=1S/C26H28F3N5O4/c1-34-20(8-11-30-34)22(35)33-21(15-2-4-16(5-3-15)26(27,28)29)23(36)31-17-6-7-18-19(14-17)32-24(37)25(18)9-12-38-13-10-25/h6-8,11,14,16H,2-5,9-10,12-13H2,1H3,(H,31,36)(H,32,37)(H,33,35). The molecule has 0 radical (unpaired) electrons. The molecule has 0 atom stereocenters. The summed E-state index contributed by atoms with van der Waals surface area (Å²) in [5, 5.41) is 12.2. The largest absolute Gasteiger partial charge is 0.391 e. The zero-order chi connectivity index (χ0) is 27.1. The van der Waals surface area contributed by atoms with Crippen LogP contribution in [-0.4, -0.2) is 46.9 Å². The van der Waals surface area contributed by atoms with Crippen molar-refractivity contribution in [2.24, 2.45) is 13.0 Å². The minimum absolute atomic E-state index is 0.0312. The van der Waals surface area contributed by atoms with E-state index < -0.39 is 29.3 Å². The predicted octanol–water partition coefficient (Wildman–Crippen LogP) is 3.80. The van der Waals surface area contributed by atoms with E-state index in [1.54, 1.807) is 25.2 Å². The van der Waals surface area contributed by atoms with Gasteiger partial charge in [0.15, 0.2) is 0 Å². The molecule has 1 aliphatic carbocycles. The molecular formula is C26H28F3N5O4. The molecule has 12 heteroatoms. The van der Waals surface area contributed by atoms with E-state index in [1.807, 2.05) is 0 Å². The van der Waals surface area contributed by atoms with Crippen molar-refractivity contribution in [2.75, 3.05) is 23.8 Å². The van der Waals surface area contributed by atoms with Crippen LogP contribution in [0.5, 0.6) is 0 Å². The Morgan fingerprint density at radius 3 is 2.50 bits per heavy atom. The molecule has 1 saturated carbocycles. The maximum atomic E-state index is 13.4. The summed E-state index contributed by atoms with van der Waals surface area (Å²) in [6.07, 6.45) is -2.00. The predicted molar refractivity (Wildman–Crippen MR) is 131 cm³/mol. The van der Waals surface area contributed by atoms with Gasteiger partial charge in [-0.2, -0.15) is 18.3 Å². The van der Waals surface area contributed by atoms with E-state index in [2.05, 4.69) is 21.0 Å². The molecule has 1 aromatic carbocycles. The molecule has 3 amide bonds. The zero-order valence-electron chi connectivity index (χ0n) is 20.8. The Morgan fingerprint density at radius 1 is 1.16 bits per heavy atom. The number of amides is 3. The molecule has 202 valence electrons. The van der Waals surface area contributed by atoms with Crippen LogP contribution in [0.3, 0.4) is 0 Å². The maximum Gasteiger partial charge on any atom is 0.391 e. The van der Waals surface area contributed by atoms with Crippen molar-refractivity contribution in [2.45, 2.75) is 50.1 Å². The number of carbonyl (C=O) groups excluding carboxylic acids is 3. The van der Waals surface area contributed by atoms with Crippen LogP contribution < -0.4 is 16.0 Å². The van der Waals surface area contributed by atoms with E-state index >= 15 is 0 Å². The number of rotatable bonds is 4. The smallest absolute Gasteiger partial charge is 0.381 e. The number of nitrogens with one attached hydrogen (secondary N) is 3. The molecule has 0 unspecified atom stereocenters. The van der Waals surface area contributed by atoms with Gasteiger partial charge in [0.2, 0.25) is 5.91 Å². The first kappa shape index (κ1) is 26.0. The molecule has 3 N–H and O–H groups in total. The van der Waals surface area contributed by atoms with Gasteiger partial charge in [0.1, 0.15) is 11.4 Å². The molecular weight excluding hydrogens is 503 g/mol. The minimum atomic E-state index is -4.30. The van der Waals surface area contributed by atoms with Crippen molar-refractivity contribution >= 4 is 29.1 Å². The van der Waals surface area contributed by atoms with Gasteiger partial charge in [-0.05, 0) is 67.9 Å². The normalized spacial score (nSPS) is 20.6. The number of allylic oxidation sites excluding steroid dienone is 1. The number of aryl methyl sites for hydroxylation is 1. The lowest BCUT2D eigenvalue weighted by atomic mass is 9.75. The molecule has 2 fully saturated rings. The average Bonchev–Trinajstić information content (AvgIpc) is 3.43. The van der Waals surface area contributed by atoms with Crippen LogP contribution in [0.25, 0.3) is 0 Å². The number of nitrogens with zero attached hydrogens (tertiary/aromatic N) is 2. The average molecular weight is 532 g/mol. The highest BCUT2D eigenvalue weighted by Gasteiger charge is 2.47. The summed E-state index contributed by atoms with van der Waals surface area (Å²) >= 11 is 0. The summed E-state index contributed by atoms with van der Waals surface area (Å²) in [5.74, 6) is -2.79. The van der Waals surface area contributed by atoms with Gasteiger partial charge >= 0.3 is 6.18 Å². The van der Waals surface area contributed by atoms with E-state index in [4.69, 9.17) is 4.74 Å². The minimum Gasteiger partial charge on any atom is -0.381 e. The molecule has 1 spiro atoms. The van der Waals surface area contributed by atoms with Crippen molar-refractivity contribution in [3.63, 3.8) is 0 Å². The number of benzene rings is 1. The number of carbonyl (C=O) groups is 3. The fourth-order valence-electron chi connectivity index (χ4n) is 5.54. The molecule has 5 rings (SSSR count). The third-order valence-electron chi connectivity index (χ3n) is 7.75. The van der Waals surface area contributed by atoms with Crippen LogP contribution in [0, 0.1) is 5.92 Å². The second-order valence-corrected chi connectivity index (χ2v) is 9.95. The summed E-state index contributed by atoms with van der Waals surface area (Å²) in [5.41, 5.74) is 1.75. The van der Waals surface area contributed by atoms with Gasteiger partial charge in [-0.1, -0.05) is 6.07 Å². The molecule has 2 aliphatic heterocycles. The highest BCUT2D eigenvalue weighted by atomic mass is 19.4. The van der Waals surface area contributed by atoms with E-state index in [-0.39, 0.29) is 43.0 Å². The molecule has 2 aromatic rings. The third kappa shape index (κ3) is 4.80. The number of halogens is 3. The maximum absolute atomic E-state index is 13.4. The van der Waals surface area contributed by atoms with Gasteiger partial charge in [0.25, 0.3) is 11.8 Å². The number of anilines is 2. The Balaban J connectivity index is 1.39. The second-order valence-electron chi connectivity index (χ2n) is 9.95. The third-order valence-corrected chi connectivity index (χ3v) is 7.75. The van der Waals surface area contributed by atoms with Crippen molar-refractivity contribution in [1.29, 1.82) is 0 Å². The van der Waals surface area contributed by atoms with E-state index in [9.17, 15) is 27.6 Å². The second kappa shape index (κ2) is 9.90. The van der Waals surface area contributed by atoms with E-state index in [0.717, 1.165) is 5.56 Å². The van der Waals surface area contributed by atoms with Crippen LogP contribution in [-0.2, 0) is 26.8 Å². The zero-order valence-corrected chi connectivity index (χ0v) is 20.8. The number of aromatic nitrogens is 2. The molecule has 38 heavy (non-hydrogen) atoms. The SMILES string of the molecule is Cn1nccc1C(=O)NC(C(=O)Nc1ccc2c(c1)NC(=O)C21CCOCC1)=C1CCC(C(F)(F)F)CC1. The van der Waals surface area contributed by atoms with Crippen molar-refractivity contribution in [3.8, 4) is 0 Å². The van der Waals surface area contributed by atoms with Crippen LogP contribution in [0.1, 0.15) is 54.6 Å². The number of ether oxygens (including phenoxy) is 1. The van der Waals surface area contributed by atoms with Crippen LogP contribution in [0.4, 0.5) is 24.5 Å². The van der Waals surface area contributed by atoms with Crippen LogP contribution in [0.2, 0.25) is 0 Å². The van der Waals surface area contributed by atoms with Crippen LogP contribution in [0.15, 0.2) is 41.7 Å². The van der Waals surface area contributed by atoms with Gasteiger partial charge in [-0.15, -0.1) is 0 Å². The van der Waals surface area contributed by atoms with Crippen molar-refractivity contribution < 1.29 is 32.3 Å². The molecule has 3 aliphatic rings. The molecule has 0 bridgehead atoms. The Bertz CT molecular complexity index is 1300. The molecule has 9 nitrogen and oxygen atoms in total. The highest BCUT2D eigenvalue weighted by molar-refractivity contribution is 6.10. The first-order valence-electron chi connectivity index (χ1n) is 12.5. The number of hydrogen-bond donors (Lipinski definition) is 3. The lowest BCUT2D eigenvalue weighted by Crippen LogP contribution is -2.39.